The van der Waals surface area contributed by atoms with E-state index in [9.17, 15) is 4.79 Å². The van der Waals surface area contributed by atoms with Gasteiger partial charge in [0.25, 0.3) is 0 Å². The molecule has 0 saturated carbocycles. The Morgan fingerprint density at radius 1 is 1.50 bits per heavy atom. The van der Waals surface area contributed by atoms with Crippen molar-refractivity contribution in [2.24, 2.45) is 5.73 Å². The molecule has 0 aliphatic heterocycles. The van der Waals surface area contributed by atoms with Crippen molar-refractivity contribution in [1.82, 2.24) is 0 Å². The van der Waals surface area contributed by atoms with E-state index in [0.29, 0.717) is 5.56 Å². The predicted molar refractivity (Wildman–Crippen MR) is 49.8 cm³/mol. The standard InChI is InChI=1S/C10H11NO/c1-3-8-4-7(2)5-9(6-8)10(11)12/h3-6H,1H2,2H3,(H2,11,12). The van der Waals surface area contributed by atoms with Crippen LogP contribution in [-0.4, -0.2) is 5.91 Å². The Morgan fingerprint density at radius 2 is 2.17 bits per heavy atom. The summed E-state index contributed by atoms with van der Waals surface area (Å²) in [5.74, 6) is -0.401. The Labute approximate surface area is 71.7 Å². The van der Waals surface area contributed by atoms with E-state index in [2.05, 4.69) is 6.58 Å². The number of aryl methyl sites for hydroxylation is 1. The highest BCUT2D eigenvalue weighted by Crippen LogP contribution is 2.09. The lowest BCUT2D eigenvalue weighted by Crippen LogP contribution is -2.11. The van der Waals surface area contributed by atoms with Crippen LogP contribution in [0.4, 0.5) is 0 Å². The number of carbonyl (C=O) groups is 1. The molecule has 0 spiro atoms. The highest BCUT2D eigenvalue weighted by Gasteiger charge is 2.00. The van der Waals surface area contributed by atoms with Crippen LogP contribution >= 0.6 is 0 Å². The molecular weight excluding hydrogens is 150 g/mol. The summed E-state index contributed by atoms with van der Waals surface area (Å²) in [4.78, 5) is 10.8. The molecule has 0 aliphatic rings. The first-order chi connectivity index (χ1) is 5.63. The van der Waals surface area contributed by atoms with Crippen molar-refractivity contribution in [3.63, 3.8) is 0 Å². The second-order valence-corrected chi connectivity index (χ2v) is 2.70. The summed E-state index contributed by atoms with van der Waals surface area (Å²) in [7, 11) is 0. The average Bonchev–Trinajstić information content (AvgIpc) is 2.03. The zero-order chi connectivity index (χ0) is 9.14. The van der Waals surface area contributed by atoms with Crippen molar-refractivity contribution in [1.29, 1.82) is 0 Å². The van der Waals surface area contributed by atoms with Crippen LogP contribution in [0, 0.1) is 6.92 Å². The van der Waals surface area contributed by atoms with E-state index in [0.717, 1.165) is 11.1 Å². The van der Waals surface area contributed by atoms with Gasteiger partial charge in [-0.25, -0.2) is 0 Å². The number of carbonyl (C=O) groups excluding carboxylic acids is 1. The van der Waals surface area contributed by atoms with Gasteiger partial charge < -0.3 is 5.73 Å². The number of amides is 1. The highest BCUT2D eigenvalue weighted by atomic mass is 16.1. The smallest absolute Gasteiger partial charge is 0.248 e. The van der Waals surface area contributed by atoms with Gasteiger partial charge in [0.2, 0.25) is 5.91 Å². The van der Waals surface area contributed by atoms with Gasteiger partial charge >= 0.3 is 0 Å². The monoisotopic (exact) mass is 161 g/mol. The number of hydrogen-bond acceptors (Lipinski definition) is 1. The summed E-state index contributed by atoms with van der Waals surface area (Å²) >= 11 is 0. The third-order valence-electron chi connectivity index (χ3n) is 1.62. The molecule has 2 nitrogen and oxygen atoms in total. The highest BCUT2D eigenvalue weighted by molar-refractivity contribution is 5.93. The van der Waals surface area contributed by atoms with Crippen LogP contribution in [0.15, 0.2) is 24.8 Å². The molecule has 0 aromatic heterocycles. The molecule has 0 atom stereocenters. The van der Waals surface area contributed by atoms with Crippen molar-refractivity contribution in [3.05, 3.63) is 41.5 Å². The van der Waals surface area contributed by atoms with E-state index in [4.69, 9.17) is 5.73 Å². The van der Waals surface area contributed by atoms with Crippen molar-refractivity contribution < 1.29 is 4.79 Å². The minimum absolute atomic E-state index is 0.401. The van der Waals surface area contributed by atoms with Gasteiger partial charge in [0.15, 0.2) is 0 Å². The van der Waals surface area contributed by atoms with E-state index < -0.39 is 5.91 Å². The first-order valence-electron chi connectivity index (χ1n) is 3.67. The minimum atomic E-state index is -0.401. The summed E-state index contributed by atoms with van der Waals surface area (Å²) < 4.78 is 0. The zero-order valence-corrected chi connectivity index (χ0v) is 7.00. The zero-order valence-electron chi connectivity index (χ0n) is 7.00. The molecule has 1 aromatic carbocycles. The molecule has 0 aliphatic carbocycles. The topological polar surface area (TPSA) is 43.1 Å². The molecule has 1 aromatic rings. The Hall–Kier alpha value is -1.57. The second-order valence-electron chi connectivity index (χ2n) is 2.70. The quantitative estimate of drug-likeness (QED) is 0.705. The normalized spacial score (nSPS) is 9.42. The van der Waals surface area contributed by atoms with Gasteiger partial charge in [-0.15, -0.1) is 0 Å². The summed E-state index contributed by atoms with van der Waals surface area (Å²) in [6.45, 7) is 5.54. The molecule has 2 heteroatoms. The van der Waals surface area contributed by atoms with Gasteiger partial charge in [-0.2, -0.15) is 0 Å². The lowest BCUT2D eigenvalue weighted by Gasteiger charge is -2.00. The maximum Gasteiger partial charge on any atom is 0.248 e. The van der Waals surface area contributed by atoms with Crippen molar-refractivity contribution >= 4 is 12.0 Å². The minimum Gasteiger partial charge on any atom is -0.366 e. The SMILES string of the molecule is C=Cc1cc(C)cc(C(N)=O)c1. The number of hydrogen-bond donors (Lipinski definition) is 1. The molecule has 0 heterocycles. The van der Waals surface area contributed by atoms with Crippen LogP contribution in [0.25, 0.3) is 6.08 Å². The third-order valence-corrected chi connectivity index (χ3v) is 1.62. The second kappa shape index (κ2) is 3.22. The van der Waals surface area contributed by atoms with Crippen LogP contribution in [0.2, 0.25) is 0 Å². The van der Waals surface area contributed by atoms with E-state index in [1.165, 1.54) is 0 Å². The Balaban J connectivity index is 3.23. The van der Waals surface area contributed by atoms with Gasteiger partial charge in [-0.3, -0.25) is 4.79 Å². The van der Waals surface area contributed by atoms with Gasteiger partial charge in [-0.05, 0) is 30.2 Å². The van der Waals surface area contributed by atoms with E-state index in [1.54, 1.807) is 18.2 Å². The molecule has 0 bridgehead atoms. The van der Waals surface area contributed by atoms with Crippen LogP contribution in [0.3, 0.4) is 0 Å². The lowest BCUT2D eigenvalue weighted by atomic mass is 10.1. The van der Waals surface area contributed by atoms with Gasteiger partial charge in [0, 0.05) is 5.56 Å². The molecule has 0 saturated heterocycles. The Morgan fingerprint density at radius 3 is 2.67 bits per heavy atom. The average molecular weight is 161 g/mol. The summed E-state index contributed by atoms with van der Waals surface area (Å²) in [5.41, 5.74) is 7.60. The molecule has 0 unspecified atom stereocenters. The largest absolute Gasteiger partial charge is 0.366 e. The van der Waals surface area contributed by atoms with Crippen LogP contribution in [0.5, 0.6) is 0 Å². The van der Waals surface area contributed by atoms with Crippen LogP contribution in [-0.2, 0) is 0 Å². The predicted octanol–water partition coefficient (Wildman–Crippen LogP) is 1.74. The van der Waals surface area contributed by atoms with E-state index in [1.807, 2.05) is 13.0 Å². The summed E-state index contributed by atoms with van der Waals surface area (Å²) in [6.07, 6.45) is 1.69. The van der Waals surface area contributed by atoms with E-state index in [-0.39, 0.29) is 0 Å². The number of rotatable bonds is 2. The van der Waals surface area contributed by atoms with Crippen molar-refractivity contribution in [2.45, 2.75) is 6.92 Å². The molecule has 0 fully saturated rings. The molecular formula is C10H11NO. The maximum atomic E-state index is 10.8. The number of primary amides is 1. The molecule has 62 valence electrons. The summed E-state index contributed by atoms with van der Waals surface area (Å²) in [6, 6.07) is 5.43. The molecule has 1 rings (SSSR count). The van der Waals surface area contributed by atoms with E-state index >= 15 is 0 Å². The number of nitrogens with two attached hydrogens (primary N) is 1. The van der Waals surface area contributed by atoms with Gasteiger partial charge in [-0.1, -0.05) is 18.7 Å². The molecule has 12 heavy (non-hydrogen) atoms. The lowest BCUT2D eigenvalue weighted by molar-refractivity contribution is 0.1000. The van der Waals surface area contributed by atoms with Crippen molar-refractivity contribution in [3.8, 4) is 0 Å². The first kappa shape index (κ1) is 8.53. The van der Waals surface area contributed by atoms with Crippen LogP contribution < -0.4 is 5.73 Å². The van der Waals surface area contributed by atoms with Crippen molar-refractivity contribution in [2.75, 3.05) is 0 Å². The summed E-state index contributed by atoms with van der Waals surface area (Å²) in [5, 5.41) is 0. The Kier molecular flexibility index (Phi) is 2.29. The molecule has 2 N–H and O–H groups in total. The number of benzene rings is 1. The third kappa shape index (κ3) is 1.72. The maximum absolute atomic E-state index is 10.8. The Bertz CT molecular complexity index is 329. The fourth-order valence-electron chi connectivity index (χ4n) is 1.07. The van der Waals surface area contributed by atoms with Gasteiger partial charge in [0.1, 0.15) is 0 Å². The van der Waals surface area contributed by atoms with Crippen LogP contribution in [0.1, 0.15) is 21.5 Å². The van der Waals surface area contributed by atoms with Gasteiger partial charge in [0.05, 0.1) is 0 Å². The fourth-order valence-corrected chi connectivity index (χ4v) is 1.07. The first-order valence-corrected chi connectivity index (χ1v) is 3.67. The fraction of sp³-hybridized carbons (Fsp3) is 0.100. The molecule has 1 amide bonds. The molecule has 0 radical (unpaired) electrons.